The van der Waals surface area contributed by atoms with Crippen molar-refractivity contribution >= 4 is 0 Å². The van der Waals surface area contributed by atoms with Crippen LogP contribution in [0.4, 0.5) is 0 Å². The molecule has 2 saturated heterocycles. The fourth-order valence-corrected chi connectivity index (χ4v) is 4.28. The van der Waals surface area contributed by atoms with E-state index in [1.807, 2.05) is 6.07 Å². The molecular formula is C19H25N3O2. The Morgan fingerprint density at radius 1 is 1.04 bits per heavy atom. The summed E-state index contributed by atoms with van der Waals surface area (Å²) in [5.41, 5.74) is 1.42. The second-order valence-electron chi connectivity index (χ2n) is 7.18. The summed E-state index contributed by atoms with van der Waals surface area (Å²) in [6.45, 7) is 6.59. The zero-order valence-electron chi connectivity index (χ0n) is 14.2. The normalized spacial score (nSPS) is 24.9. The van der Waals surface area contributed by atoms with Crippen molar-refractivity contribution in [3.8, 4) is 5.88 Å². The predicted molar refractivity (Wildman–Crippen MR) is 91.6 cm³/mol. The van der Waals surface area contributed by atoms with E-state index >= 15 is 0 Å². The molecule has 3 heterocycles. The van der Waals surface area contributed by atoms with Gasteiger partial charge in [-0.15, -0.1) is 0 Å². The van der Waals surface area contributed by atoms with Gasteiger partial charge in [-0.3, -0.25) is 9.80 Å². The predicted octanol–water partition coefficient (Wildman–Crippen LogP) is 2.64. The summed E-state index contributed by atoms with van der Waals surface area (Å²) in [6, 6.07) is 12.7. The number of likely N-dealkylation sites (tertiary alicyclic amines) is 2. The Kier molecular flexibility index (Phi) is 4.54. The molecule has 2 aliphatic heterocycles. The summed E-state index contributed by atoms with van der Waals surface area (Å²) in [6.07, 6.45) is 1.36. The fraction of sp³-hybridized carbons (Fsp3) is 0.526. The first kappa shape index (κ1) is 15.7. The average molecular weight is 327 g/mol. The van der Waals surface area contributed by atoms with E-state index < -0.39 is 0 Å². The minimum absolute atomic E-state index is 0.566. The van der Waals surface area contributed by atoms with Crippen LogP contribution in [0.1, 0.15) is 17.7 Å². The Morgan fingerprint density at radius 3 is 2.33 bits per heavy atom. The number of hydrogen-bond acceptors (Lipinski definition) is 5. The molecule has 2 bridgehead atoms. The number of methoxy groups -OCH3 is 1. The summed E-state index contributed by atoms with van der Waals surface area (Å²) in [5.74, 6) is 2.97. The molecule has 1 aromatic heterocycles. The Hall–Kier alpha value is -1.85. The van der Waals surface area contributed by atoms with Gasteiger partial charge in [0, 0.05) is 38.8 Å². The van der Waals surface area contributed by atoms with Crippen LogP contribution in [0.2, 0.25) is 0 Å². The molecule has 0 aliphatic carbocycles. The van der Waals surface area contributed by atoms with Gasteiger partial charge >= 0.3 is 0 Å². The summed E-state index contributed by atoms with van der Waals surface area (Å²) >= 11 is 0. The van der Waals surface area contributed by atoms with Crippen LogP contribution in [0.25, 0.3) is 0 Å². The Bertz CT molecular complexity index is 644. The molecule has 2 unspecified atom stereocenters. The second-order valence-corrected chi connectivity index (χ2v) is 7.18. The van der Waals surface area contributed by atoms with Crippen molar-refractivity contribution in [1.82, 2.24) is 15.0 Å². The van der Waals surface area contributed by atoms with Crippen molar-refractivity contribution in [3.63, 3.8) is 0 Å². The van der Waals surface area contributed by atoms with Gasteiger partial charge in [0.1, 0.15) is 0 Å². The van der Waals surface area contributed by atoms with Gasteiger partial charge in [-0.2, -0.15) is 0 Å². The van der Waals surface area contributed by atoms with E-state index in [9.17, 15) is 0 Å². The van der Waals surface area contributed by atoms with Crippen LogP contribution in [0.15, 0.2) is 40.9 Å². The van der Waals surface area contributed by atoms with E-state index in [0.717, 1.165) is 43.8 Å². The number of benzene rings is 1. The number of piperidine rings is 2. The maximum absolute atomic E-state index is 5.35. The zero-order valence-corrected chi connectivity index (χ0v) is 14.2. The van der Waals surface area contributed by atoms with Gasteiger partial charge in [-0.25, -0.2) is 0 Å². The first-order valence-corrected chi connectivity index (χ1v) is 8.76. The van der Waals surface area contributed by atoms with Crippen LogP contribution < -0.4 is 4.74 Å². The molecule has 0 N–H and O–H groups in total. The minimum atomic E-state index is 0.566. The quantitative estimate of drug-likeness (QED) is 0.844. The maximum Gasteiger partial charge on any atom is 0.254 e. The molecule has 5 nitrogen and oxygen atoms in total. The van der Waals surface area contributed by atoms with Gasteiger partial charge in [-0.05, 0) is 29.0 Å². The Labute approximate surface area is 143 Å². The number of fused-ring (bicyclic) bond motifs is 2. The van der Waals surface area contributed by atoms with Crippen molar-refractivity contribution in [2.45, 2.75) is 19.5 Å². The van der Waals surface area contributed by atoms with Crippen molar-refractivity contribution in [1.29, 1.82) is 0 Å². The smallest absolute Gasteiger partial charge is 0.254 e. The average Bonchev–Trinajstić information content (AvgIpc) is 3.02. The van der Waals surface area contributed by atoms with Gasteiger partial charge in [0.2, 0.25) is 0 Å². The molecule has 128 valence electrons. The molecule has 0 amide bonds. The molecule has 2 fully saturated rings. The molecule has 24 heavy (non-hydrogen) atoms. The minimum Gasteiger partial charge on any atom is -0.479 e. The summed E-state index contributed by atoms with van der Waals surface area (Å²) in [7, 11) is 1.62. The van der Waals surface area contributed by atoms with Crippen LogP contribution in [-0.2, 0) is 13.1 Å². The van der Waals surface area contributed by atoms with Gasteiger partial charge in [0.15, 0.2) is 5.76 Å². The molecule has 4 rings (SSSR count). The first-order valence-electron chi connectivity index (χ1n) is 8.76. The van der Waals surface area contributed by atoms with Crippen LogP contribution in [0, 0.1) is 11.8 Å². The van der Waals surface area contributed by atoms with E-state index in [2.05, 4.69) is 45.3 Å². The highest BCUT2D eigenvalue weighted by Crippen LogP contribution is 2.30. The zero-order chi connectivity index (χ0) is 16.4. The lowest BCUT2D eigenvalue weighted by atomic mass is 9.84. The molecule has 0 spiro atoms. The molecule has 5 heteroatoms. The monoisotopic (exact) mass is 327 g/mol. The highest BCUT2D eigenvalue weighted by molar-refractivity contribution is 5.15. The standard InChI is InChI=1S/C19H25N3O2/c1-23-19-8-18(24-20-19)14-22-12-16-7-17(13-22)11-21(10-16)9-15-5-3-2-4-6-15/h2-6,8,16-17H,7,9-14H2,1H3. The van der Waals surface area contributed by atoms with Crippen molar-refractivity contribution < 1.29 is 9.26 Å². The molecule has 1 aromatic carbocycles. The highest BCUT2D eigenvalue weighted by Gasteiger charge is 2.34. The molecule has 2 aromatic rings. The third-order valence-corrected chi connectivity index (χ3v) is 5.11. The lowest BCUT2D eigenvalue weighted by molar-refractivity contribution is 0.0208. The molecule has 2 atom stereocenters. The number of rotatable bonds is 5. The van der Waals surface area contributed by atoms with Crippen molar-refractivity contribution in [3.05, 3.63) is 47.7 Å². The van der Waals surface area contributed by atoms with Crippen LogP contribution >= 0.6 is 0 Å². The number of hydrogen-bond donors (Lipinski definition) is 0. The number of nitrogens with zero attached hydrogens (tertiary/aromatic N) is 3. The summed E-state index contributed by atoms with van der Waals surface area (Å²) < 4.78 is 10.5. The van der Waals surface area contributed by atoms with Gasteiger partial charge in [0.25, 0.3) is 5.88 Å². The van der Waals surface area contributed by atoms with Crippen molar-refractivity contribution in [2.75, 3.05) is 33.3 Å². The molecule has 2 aliphatic rings. The van der Waals surface area contributed by atoms with Gasteiger partial charge in [-0.1, -0.05) is 30.3 Å². The molecule has 0 saturated carbocycles. The number of aromatic nitrogens is 1. The first-order chi connectivity index (χ1) is 11.8. The van der Waals surface area contributed by atoms with E-state index in [1.165, 1.54) is 25.1 Å². The van der Waals surface area contributed by atoms with E-state index in [0.29, 0.717) is 5.88 Å². The lowest BCUT2D eigenvalue weighted by Crippen LogP contribution is -2.52. The highest BCUT2D eigenvalue weighted by atomic mass is 16.5. The maximum atomic E-state index is 5.35. The third kappa shape index (κ3) is 3.62. The van der Waals surface area contributed by atoms with Crippen LogP contribution in [0.3, 0.4) is 0 Å². The van der Waals surface area contributed by atoms with E-state index in [1.54, 1.807) is 7.11 Å². The van der Waals surface area contributed by atoms with E-state index in [4.69, 9.17) is 9.26 Å². The fourth-order valence-electron chi connectivity index (χ4n) is 4.28. The van der Waals surface area contributed by atoms with Crippen molar-refractivity contribution in [2.24, 2.45) is 11.8 Å². The van der Waals surface area contributed by atoms with Gasteiger partial charge in [0.05, 0.1) is 13.7 Å². The van der Waals surface area contributed by atoms with Crippen LogP contribution in [-0.4, -0.2) is 48.2 Å². The second kappa shape index (κ2) is 6.95. The molecular weight excluding hydrogens is 302 g/mol. The Balaban J connectivity index is 1.34. The van der Waals surface area contributed by atoms with Gasteiger partial charge < -0.3 is 9.26 Å². The SMILES string of the molecule is COc1cc(CN2CC3CC(CN(Cc4ccccc4)C3)C2)on1. The summed E-state index contributed by atoms with van der Waals surface area (Å²) in [4.78, 5) is 5.14. The van der Waals surface area contributed by atoms with Crippen LogP contribution in [0.5, 0.6) is 5.88 Å². The van der Waals surface area contributed by atoms with E-state index in [-0.39, 0.29) is 0 Å². The number of ether oxygens (including phenoxy) is 1. The Morgan fingerprint density at radius 2 is 1.71 bits per heavy atom. The molecule has 0 radical (unpaired) electrons. The lowest BCUT2D eigenvalue weighted by Gasteiger charge is -2.45. The third-order valence-electron chi connectivity index (χ3n) is 5.11. The largest absolute Gasteiger partial charge is 0.479 e. The topological polar surface area (TPSA) is 41.7 Å². The summed E-state index contributed by atoms with van der Waals surface area (Å²) in [5, 5.41) is 3.90.